The molecule has 0 radical (unpaired) electrons. The summed E-state index contributed by atoms with van der Waals surface area (Å²) in [5.41, 5.74) is 1.23. The number of pyridine rings is 2. The molecule has 3 heterocycles. The van der Waals surface area contributed by atoms with Gasteiger partial charge in [-0.1, -0.05) is 26.8 Å². The third kappa shape index (κ3) is 4.66. The van der Waals surface area contributed by atoms with E-state index >= 15 is 0 Å². The van der Waals surface area contributed by atoms with Crippen LogP contribution in [0.3, 0.4) is 0 Å². The van der Waals surface area contributed by atoms with E-state index in [1.54, 1.807) is 36.9 Å². The number of nitrogens with zero attached hydrogens (tertiary/aromatic N) is 5. The summed E-state index contributed by atoms with van der Waals surface area (Å²) in [4.78, 5) is 51.6. The number of nitrogens with one attached hydrogen (secondary N) is 1. The minimum absolute atomic E-state index is 0.0106. The first-order chi connectivity index (χ1) is 15.4. The zero-order valence-electron chi connectivity index (χ0n) is 18.8. The lowest BCUT2D eigenvalue weighted by atomic mass is 9.99. The van der Waals surface area contributed by atoms with Gasteiger partial charge < -0.3 is 10.1 Å². The summed E-state index contributed by atoms with van der Waals surface area (Å²) >= 11 is 0. The fraction of sp³-hybridized carbons (Fsp3) is 0.391. The number of hydrogen-bond acceptors (Lipinski definition) is 7. The van der Waals surface area contributed by atoms with Crippen LogP contribution in [0.25, 0.3) is 11.2 Å². The number of aromatic nitrogens is 4. The van der Waals surface area contributed by atoms with Gasteiger partial charge in [0.05, 0.1) is 11.7 Å². The van der Waals surface area contributed by atoms with Gasteiger partial charge >= 0.3 is 0 Å². The summed E-state index contributed by atoms with van der Waals surface area (Å²) in [7, 11) is 1.66. The molecule has 0 bridgehead atoms. The van der Waals surface area contributed by atoms with Crippen LogP contribution in [-0.4, -0.2) is 45.3 Å². The van der Waals surface area contributed by atoms with Crippen molar-refractivity contribution in [3.05, 3.63) is 52.6 Å². The Bertz CT molecular complexity index is 1160. The van der Waals surface area contributed by atoms with E-state index in [1.165, 1.54) is 4.90 Å². The maximum absolute atomic E-state index is 13.6. The Kier molecular flexibility index (Phi) is 7.29. The van der Waals surface area contributed by atoms with Gasteiger partial charge in [0.15, 0.2) is 11.5 Å². The van der Waals surface area contributed by atoms with Crippen LogP contribution in [0, 0.1) is 5.92 Å². The first-order valence-electron chi connectivity index (χ1n) is 10.7. The Hall–Kier alpha value is -3.62. The van der Waals surface area contributed by atoms with Crippen LogP contribution >= 0.6 is 0 Å². The number of fused-ring (bicyclic) bond motifs is 1. The number of carbonyl (C=O) groups excluding carboxylic acids is 2. The van der Waals surface area contributed by atoms with Gasteiger partial charge in [-0.15, -0.1) is 0 Å². The van der Waals surface area contributed by atoms with Crippen molar-refractivity contribution < 1.29 is 9.59 Å². The molecule has 3 rings (SSSR count). The van der Waals surface area contributed by atoms with E-state index in [0.29, 0.717) is 29.9 Å². The van der Waals surface area contributed by atoms with Crippen LogP contribution in [0.5, 0.6) is 0 Å². The summed E-state index contributed by atoms with van der Waals surface area (Å²) in [6.07, 6.45) is 3.07. The fourth-order valence-electron chi connectivity index (χ4n) is 3.57. The molecule has 1 amide bonds. The molecule has 0 spiro atoms. The maximum atomic E-state index is 13.6. The predicted molar refractivity (Wildman–Crippen MR) is 124 cm³/mol. The van der Waals surface area contributed by atoms with E-state index in [2.05, 4.69) is 20.3 Å². The molecule has 9 heteroatoms. The van der Waals surface area contributed by atoms with E-state index in [1.807, 2.05) is 32.0 Å². The number of amides is 1. The van der Waals surface area contributed by atoms with Gasteiger partial charge in [-0.25, -0.2) is 9.97 Å². The second-order valence-corrected chi connectivity index (χ2v) is 7.78. The van der Waals surface area contributed by atoms with Crippen molar-refractivity contribution in [2.75, 3.05) is 23.8 Å². The van der Waals surface area contributed by atoms with Crippen molar-refractivity contribution in [3.63, 3.8) is 0 Å². The molecule has 1 atom stereocenters. The normalized spacial score (nSPS) is 12.0. The van der Waals surface area contributed by atoms with Gasteiger partial charge in [0.2, 0.25) is 5.91 Å². The Balaban J connectivity index is 2.29. The SMILES string of the molecule is CCC(=O)N(C)c1ccc2nc(NCCC=O)c(=O)n(C(c3ccccn3)C(C)C)c2n1. The molecule has 3 aromatic heterocycles. The standard InChI is InChI=1S/C23H28N6O3/c1-5-19(31)28(4)18-11-10-17-22(27-18)29(23(32)21(26-17)25-13-8-14-30)20(15(2)3)16-9-6-7-12-24-16/h6-7,9-12,14-15,20H,5,8,13H2,1-4H3,(H,25,26). The summed E-state index contributed by atoms with van der Waals surface area (Å²) in [6.45, 7) is 6.10. The molecule has 168 valence electrons. The molecule has 0 aliphatic carbocycles. The van der Waals surface area contributed by atoms with Crippen LogP contribution < -0.4 is 15.8 Å². The average Bonchev–Trinajstić information content (AvgIpc) is 2.80. The molecule has 0 saturated heterocycles. The first kappa shape index (κ1) is 23.1. The van der Waals surface area contributed by atoms with Crippen molar-refractivity contribution in [1.29, 1.82) is 0 Å². The van der Waals surface area contributed by atoms with E-state index in [0.717, 1.165) is 12.0 Å². The molecule has 0 saturated carbocycles. The smallest absolute Gasteiger partial charge is 0.295 e. The van der Waals surface area contributed by atoms with Crippen LogP contribution in [-0.2, 0) is 9.59 Å². The summed E-state index contributed by atoms with van der Waals surface area (Å²) in [6, 6.07) is 8.62. The lowest BCUT2D eigenvalue weighted by Crippen LogP contribution is -2.33. The number of anilines is 2. The Morgan fingerprint density at radius 1 is 1.22 bits per heavy atom. The third-order valence-electron chi connectivity index (χ3n) is 5.20. The van der Waals surface area contributed by atoms with Crippen molar-refractivity contribution in [2.24, 2.45) is 5.92 Å². The fourth-order valence-corrected chi connectivity index (χ4v) is 3.57. The van der Waals surface area contributed by atoms with Crippen molar-refractivity contribution in [1.82, 2.24) is 19.5 Å². The molecule has 3 aromatic rings. The lowest BCUT2D eigenvalue weighted by molar-refractivity contribution is -0.118. The van der Waals surface area contributed by atoms with Crippen LogP contribution in [0.2, 0.25) is 0 Å². The zero-order valence-corrected chi connectivity index (χ0v) is 18.8. The molecular weight excluding hydrogens is 408 g/mol. The van der Waals surface area contributed by atoms with Gasteiger partial charge in [-0.3, -0.25) is 24.0 Å². The van der Waals surface area contributed by atoms with Gasteiger partial charge in [0.25, 0.3) is 5.56 Å². The van der Waals surface area contributed by atoms with Gasteiger partial charge in [-0.2, -0.15) is 0 Å². The second kappa shape index (κ2) is 10.1. The van der Waals surface area contributed by atoms with Crippen LogP contribution in [0.1, 0.15) is 45.3 Å². The number of aldehydes is 1. The zero-order chi connectivity index (χ0) is 23.3. The highest BCUT2D eigenvalue weighted by molar-refractivity contribution is 5.92. The van der Waals surface area contributed by atoms with E-state index < -0.39 is 6.04 Å². The summed E-state index contributed by atoms with van der Waals surface area (Å²) in [5.74, 6) is 0.505. The topological polar surface area (TPSA) is 110 Å². The average molecular weight is 437 g/mol. The highest BCUT2D eigenvalue weighted by Gasteiger charge is 2.26. The van der Waals surface area contributed by atoms with Gasteiger partial charge in [0.1, 0.15) is 17.6 Å². The Morgan fingerprint density at radius 2 is 2.00 bits per heavy atom. The molecule has 0 fully saturated rings. The Morgan fingerprint density at radius 3 is 2.62 bits per heavy atom. The number of carbonyl (C=O) groups is 2. The molecule has 0 aliphatic rings. The van der Waals surface area contributed by atoms with E-state index in [-0.39, 0.29) is 29.6 Å². The molecule has 9 nitrogen and oxygen atoms in total. The minimum Gasteiger partial charge on any atom is -0.365 e. The third-order valence-corrected chi connectivity index (χ3v) is 5.20. The van der Waals surface area contributed by atoms with Crippen molar-refractivity contribution >= 4 is 35.0 Å². The maximum Gasteiger partial charge on any atom is 0.295 e. The largest absolute Gasteiger partial charge is 0.365 e. The van der Waals surface area contributed by atoms with Crippen LogP contribution in [0.15, 0.2) is 41.3 Å². The van der Waals surface area contributed by atoms with Gasteiger partial charge in [-0.05, 0) is 30.2 Å². The second-order valence-electron chi connectivity index (χ2n) is 7.78. The molecule has 32 heavy (non-hydrogen) atoms. The molecule has 0 aliphatic heterocycles. The first-order valence-corrected chi connectivity index (χ1v) is 10.7. The molecular formula is C23H28N6O3. The molecule has 1 unspecified atom stereocenters. The van der Waals surface area contributed by atoms with E-state index in [9.17, 15) is 14.4 Å². The Labute approximate surface area is 186 Å². The molecule has 1 N–H and O–H groups in total. The van der Waals surface area contributed by atoms with Gasteiger partial charge in [0, 0.05) is 32.6 Å². The summed E-state index contributed by atoms with van der Waals surface area (Å²) < 4.78 is 1.59. The van der Waals surface area contributed by atoms with Crippen LogP contribution in [0.4, 0.5) is 11.6 Å². The monoisotopic (exact) mass is 436 g/mol. The quantitative estimate of drug-likeness (QED) is 0.406. The minimum atomic E-state index is -0.407. The highest BCUT2D eigenvalue weighted by atomic mass is 16.2. The number of rotatable bonds is 9. The molecule has 0 aromatic carbocycles. The predicted octanol–water partition coefficient (Wildman–Crippen LogP) is 2.81. The summed E-state index contributed by atoms with van der Waals surface area (Å²) in [5, 5.41) is 2.97. The van der Waals surface area contributed by atoms with E-state index in [4.69, 9.17) is 0 Å². The number of hydrogen-bond donors (Lipinski definition) is 1. The van der Waals surface area contributed by atoms with Crippen molar-refractivity contribution in [3.8, 4) is 0 Å². The highest BCUT2D eigenvalue weighted by Crippen LogP contribution is 2.28. The lowest BCUT2D eigenvalue weighted by Gasteiger charge is -2.25. The van der Waals surface area contributed by atoms with Crippen molar-refractivity contribution in [2.45, 2.75) is 39.7 Å².